The molecule has 3 heterocycles. The van der Waals surface area contributed by atoms with E-state index in [2.05, 4.69) is 21.0 Å². The van der Waals surface area contributed by atoms with E-state index in [9.17, 15) is 9.59 Å². The molecule has 1 N–H and O–H groups in total. The fourth-order valence-electron chi connectivity index (χ4n) is 3.41. The Hall–Kier alpha value is -3.22. The van der Waals surface area contributed by atoms with Gasteiger partial charge in [-0.2, -0.15) is 0 Å². The number of aromatic amines is 1. The van der Waals surface area contributed by atoms with Crippen LogP contribution in [-0.2, 0) is 11.2 Å². The third kappa shape index (κ3) is 2.52. The van der Waals surface area contributed by atoms with Crippen LogP contribution >= 0.6 is 0 Å². The number of hydrogen-bond donors (Lipinski definition) is 1. The first-order valence-corrected chi connectivity index (χ1v) is 8.47. The highest BCUT2D eigenvalue weighted by molar-refractivity contribution is 6.31. The van der Waals surface area contributed by atoms with Gasteiger partial charge in [0.05, 0.1) is 5.71 Å². The van der Waals surface area contributed by atoms with Gasteiger partial charge < -0.3 is 4.98 Å². The monoisotopic (exact) mass is 349 g/mol. The quantitative estimate of drug-likeness (QED) is 0.922. The summed E-state index contributed by atoms with van der Waals surface area (Å²) >= 11 is 0. The first kappa shape index (κ1) is 16.3. The van der Waals surface area contributed by atoms with Gasteiger partial charge in [0.1, 0.15) is 11.8 Å². The minimum atomic E-state index is -0.615. The smallest absolute Gasteiger partial charge is 0.331 e. The molecular weight excluding hydrogens is 330 g/mol. The van der Waals surface area contributed by atoms with Crippen molar-refractivity contribution >= 4 is 34.4 Å². The Labute approximate surface area is 150 Å². The van der Waals surface area contributed by atoms with Gasteiger partial charge in [0, 0.05) is 43.9 Å². The van der Waals surface area contributed by atoms with Crippen molar-refractivity contribution in [3.8, 4) is 0 Å². The minimum absolute atomic E-state index is 0.290. The van der Waals surface area contributed by atoms with E-state index in [1.54, 1.807) is 19.3 Å². The first-order valence-electron chi connectivity index (χ1n) is 8.47. The standard InChI is InChI=1S/C19H19N5O2/c1-23-17-16(18(25)24(2)19(23)26)15(8-10-21-17)20-9-7-12-11-22-14-6-4-3-5-13(12)14/h3-6,8,10-11,16,22H,7,9H2,1-2H3. The molecule has 1 fully saturated rings. The average Bonchev–Trinajstić information content (AvgIpc) is 3.08. The number of aromatic nitrogens is 1. The van der Waals surface area contributed by atoms with Crippen molar-refractivity contribution in [2.75, 3.05) is 20.6 Å². The normalized spacial score (nSPS) is 21.5. The predicted molar refractivity (Wildman–Crippen MR) is 100 cm³/mol. The summed E-state index contributed by atoms with van der Waals surface area (Å²) in [4.78, 5) is 39.3. The van der Waals surface area contributed by atoms with Gasteiger partial charge in [0.25, 0.3) is 0 Å². The van der Waals surface area contributed by atoms with Gasteiger partial charge in [0.15, 0.2) is 0 Å². The van der Waals surface area contributed by atoms with Gasteiger partial charge in [-0.25, -0.2) is 9.79 Å². The summed E-state index contributed by atoms with van der Waals surface area (Å²) in [6.45, 7) is 0.556. The summed E-state index contributed by atoms with van der Waals surface area (Å²) < 4.78 is 0. The van der Waals surface area contributed by atoms with Gasteiger partial charge in [-0.15, -0.1) is 0 Å². The average molecular weight is 349 g/mol. The molecule has 1 atom stereocenters. The molecule has 1 saturated heterocycles. The maximum atomic E-state index is 12.6. The van der Waals surface area contributed by atoms with Crippen molar-refractivity contribution < 1.29 is 9.59 Å². The zero-order chi connectivity index (χ0) is 18.3. The summed E-state index contributed by atoms with van der Waals surface area (Å²) in [5.41, 5.74) is 2.94. The fraction of sp³-hybridized carbons (Fsp3) is 0.263. The molecule has 3 amide bonds. The van der Waals surface area contributed by atoms with E-state index in [1.807, 2.05) is 24.4 Å². The Morgan fingerprint density at radius 2 is 2.00 bits per heavy atom. The number of benzene rings is 1. The van der Waals surface area contributed by atoms with Crippen LogP contribution in [0.25, 0.3) is 10.9 Å². The number of imide groups is 1. The molecule has 2 aliphatic heterocycles. The molecular formula is C19H19N5O2. The van der Waals surface area contributed by atoms with Crippen LogP contribution in [0, 0.1) is 5.92 Å². The number of nitrogens with one attached hydrogen (secondary N) is 1. The second-order valence-electron chi connectivity index (χ2n) is 6.39. The van der Waals surface area contributed by atoms with E-state index in [0.717, 1.165) is 16.8 Å². The second kappa shape index (κ2) is 6.25. The molecule has 0 saturated carbocycles. The number of para-hydroxylation sites is 1. The molecule has 0 spiro atoms. The molecule has 7 heteroatoms. The van der Waals surface area contributed by atoms with E-state index < -0.39 is 5.92 Å². The van der Waals surface area contributed by atoms with Gasteiger partial charge in [-0.1, -0.05) is 18.2 Å². The number of hydrogen-bond acceptors (Lipinski definition) is 4. The van der Waals surface area contributed by atoms with Gasteiger partial charge in [-0.3, -0.25) is 19.6 Å². The van der Waals surface area contributed by atoms with Gasteiger partial charge >= 0.3 is 6.03 Å². The molecule has 0 radical (unpaired) electrons. The third-order valence-corrected chi connectivity index (χ3v) is 4.85. The maximum absolute atomic E-state index is 12.6. The Morgan fingerprint density at radius 3 is 2.85 bits per heavy atom. The molecule has 0 aliphatic carbocycles. The molecule has 1 unspecified atom stereocenters. The van der Waals surface area contributed by atoms with Crippen LogP contribution in [0.1, 0.15) is 5.56 Å². The van der Waals surface area contributed by atoms with Crippen LogP contribution in [0.3, 0.4) is 0 Å². The number of nitrogens with zero attached hydrogens (tertiary/aromatic N) is 4. The number of allylic oxidation sites excluding steroid dienone is 1. The number of amides is 3. The second-order valence-corrected chi connectivity index (χ2v) is 6.39. The largest absolute Gasteiger partial charge is 0.361 e. The predicted octanol–water partition coefficient (Wildman–Crippen LogP) is 2.22. The first-order chi connectivity index (χ1) is 12.6. The highest BCUT2D eigenvalue weighted by atomic mass is 16.2. The molecule has 7 nitrogen and oxygen atoms in total. The van der Waals surface area contributed by atoms with Crippen LogP contribution in [0.15, 0.2) is 52.7 Å². The lowest BCUT2D eigenvalue weighted by Crippen LogP contribution is -2.59. The number of fused-ring (bicyclic) bond motifs is 2. The fourth-order valence-corrected chi connectivity index (χ4v) is 3.41. The van der Waals surface area contributed by atoms with Gasteiger partial charge in [-0.05, 0) is 24.1 Å². The van der Waals surface area contributed by atoms with Crippen molar-refractivity contribution in [1.29, 1.82) is 0 Å². The molecule has 1 aromatic carbocycles. The molecule has 0 bridgehead atoms. The number of carbonyl (C=O) groups is 2. The maximum Gasteiger partial charge on any atom is 0.331 e. The SMILES string of the molecule is CN1C(=O)C2C(=NCCc3c[nH]c4ccccc34)C=CN=C2N(C)C1=O. The molecule has 1 aromatic heterocycles. The van der Waals surface area contributed by atoms with E-state index in [4.69, 9.17) is 0 Å². The summed E-state index contributed by atoms with van der Waals surface area (Å²) in [6, 6.07) is 7.76. The van der Waals surface area contributed by atoms with E-state index in [0.29, 0.717) is 18.1 Å². The molecule has 4 rings (SSSR count). The molecule has 132 valence electrons. The Morgan fingerprint density at radius 1 is 1.19 bits per heavy atom. The van der Waals surface area contributed by atoms with Crippen molar-refractivity contribution in [1.82, 2.24) is 14.8 Å². The van der Waals surface area contributed by atoms with Crippen LogP contribution in [0.4, 0.5) is 4.79 Å². The van der Waals surface area contributed by atoms with Crippen molar-refractivity contribution in [3.05, 3.63) is 48.3 Å². The molecule has 2 aliphatic rings. The van der Waals surface area contributed by atoms with Crippen LogP contribution in [0.5, 0.6) is 0 Å². The number of carbonyl (C=O) groups excluding carboxylic acids is 2. The van der Waals surface area contributed by atoms with Crippen LogP contribution in [-0.4, -0.2) is 58.9 Å². The summed E-state index contributed by atoms with van der Waals surface area (Å²) in [6.07, 6.45) is 6.11. The topological polar surface area (TPSA) is 81.1 Å². The lowest BCUT2D eigenvalue weighted by Gasteiger charge is -2.36. The number of aliphatic imine (C=N–C) groups is 2. The summed E-state index contributed by atoms with van der Waals surface area (Å²) in [7, 11) is 3.11. The van der Waals surface area contributed by atoms with E-state index >= 15 is 0 Å². The highest BCUT2D eigenvalue weighted by Crippen LogP contribution is 2.22. The van der Waals surface area contributed by atoms with E-state index in [-0.39, 0.29) is 11.9 Å². The third-order valence-electron chi connectivity index (χ3n) is 4.85. The van der Waals surface area contributed by atoms with Crippen molar-refractivity contribution in [3.63, 3.8) is 0 Å². The molecule has 2 aromatic rings. The summed E-state index contributed by atoms with van der Waals surface area (Å²) in [5, 5.41) is 1.19. The lowest BCUT2D eigenvalue weighted by molar-refractivity contribution is -0.128. The van der Waals surface area contributed by atoms with Crippen molar-refractivity contribution in [2.45, 2.75) is 6.42 Å². The Balaban J connectivity index is 1.56. The zero-order valence-electron chi connectivity index (χ0n) is 14.6. The van der Waals surface area contributed by atoms with Gasteiger partial charge in [0.2, 0.25) is 5.91 Å². The van der Waals surface area contributed by atoms with Crippen molar-refractivity contribution in [2.24, 2.45) is 15.9 Å². The van der Waals surface area contributed by atoms with E-state index in [1.165, 1.54) is 22.9 Å². The summed E-state index contributed by atoms with van der Waals surface area (Å²) in [5.74, 6) is -0.468. The van der Waals surface area contributed by atoms with Crippen LogP contribution < -0.4 is 0 Å². The minimum Gasteiger partial charge on any atom is -0.361 e. The highest BCUT2D eigenvalue weighted by Gasteiger charge is 2.43. The molecule has 26 heavy (non-hydrogen) atoms. The lowest BCUT2D eigenvalue weighted by atomic mass is 9.95. The zero-order valence-corrected chi connectivity index (χ0v) is 14.6. The number of rotatable bonds is 3. The Kier molecular flexibility index (Phi) is 3.91. The number of amidine groups is 1. The van der Waals surface area contributed by atoms with Crippen LogP contribution in [0.2, 0.25) is 0 Å². The number of urea groups is 1. The Bertz CT molecular complexity index is 985. The number of H-pyrrole nitrogens is 1.